The minimum atomic E-state index is 0.0634. The topological polar surface area (TPSA) is 52.6 Å². The molecule has 0 radical (unpaired) electrons. The predicted octanol–water partition coefficient (Wildman–Crippen LogP) is 5.46. The molecule has 0 N–H and O–H groups in total. The highest BCUT2D eigenvalue weighted by atomic mass is 16.5. The molecule has 0 bridgehead atoms. The molecule has 0 fully saturated rings. The molecule has 0 heterocycles. The second kappa shape index (κ2) is 10.1. The summed E-state index contributed by atoms with van der Waals surface area (Å²) in [4.78, 5) is 22.4. The van der Waals surface area contributed by atoms with E-state index in [0.29, 0.717) is 11.1 Å². The Morgan fingerprint density at radius 3 is 1.04 bits per heavy atom. The Kier molecular flexibility index (Phi) is 7.52. The van der Waals surface area contributed by atoms with Crippen LogP contribution in [-0.2, 0) is 0 Å². The van der Waals surface area contributed by atoms with Gasteiger partial charge in [-0.3, -0.25) is 9.59 Å². The molecule has 0 aromatic heterocycles. The zero-order valence-electron chi connectivity index (χ0n) is 16.6. The van der Waals surface area contributed by atoms with Crippen LogP contribution in [0.5, 0.6) is 11.5 Å². The van der Waals surface area contributed by atoms with E-state index in [9.17, 15) is 9.59 Å². The molecule has 4 heteroatoms. The number of ketones is 2. The zero-order valence-corrected chi connectivity index (χ0v) is 16.6. The first kappa shape index (κ1) is 20.9. The fourth-order valence-corrected chi connectivity index (χ4v) is 2.51. The second-order valence-corrected chi connectivity index (χ2v) is 6.15. The van der Waals surface area contributed by atoms with E-state index in [1.807, 2.05) is 72.8 Å². The van der Waals surface area contributed by atoms with Crippen molar-refractivity contribution >= 4 is 11.6 Å². The number of rotatable bonds is 5. The number of benzene rings is 3. The van der Waals surface area contributed by atoms with Crippen LogP contribution in [0, 0.1) is 0 Å². The monoisotopic (exact) mass is 376 g/mol. The Balaban J connectivity index is 0.000000237. The summed E-state index contributed by atoms with van der Waals surface area (Å²) in [5.74, 6) is 1.82. The standard InChI is InChI=1S/C16H14O2.C8H10O2/c1-11(17)13-3-7-15(8-4-13)16-9-5-14(6-10-16)12(2)18;1-9-7-3-5-8(10-2)6-4-7/h3-10H,1-2H3;3-6H,1-2H3. The first-order chi connectivity index (χ1) is 13.4. The van der Waals surface area contributed by atoms with Crippen LogP contribution in [0.3, 0.4) is 0 Å². The summed E-state index contributed by atoms with van der Waals surface area (Å²) in [6.07, 6.45) is 0. The van der Waals surface area contributed by atoms with Crippen LogP contribution in [-0.4, -0.2) is 25.8 Å². The Morgan fingerprint density at radius 1 is 0.536 bits per heavy atom. The lowest BCUT2D eigenvalue weighted by atomic mass is 10.0. The summed E-state index contributed by atoms with van der Waals surface area (Å²) in [6.45, 7) is 3.10. The third kappa shape index (κ3) is 5.81. The SMILES string of the molecule is CC(=O)c1ccc(-c2ccc(C(C)=O)cc2)cc1.COc1ccc(OC)cc1. The highest BCUT2D eigenvalue weighted by Crippen LogP contribution is 2.20. The summed E-state index contributed by atoms with van der Waals surface area (Å²) in [5.41, 5.74) is 3.49. The molecule has 4 nitrogen and oxygen atoms in total. The molecule has 0 aliphatic heterocycles. The number of carbonyl (C=O) groups is 2. The van der Waals surface area contributed by atoms with Crippen LogP contribution >= 0.6 is 0 Å². The Bertz CT molecular complexity index is 830. The van der Waals surface area contributed by atoms with Crippen LogP contribution < -0.4 is 9.47 Å². The maximum Gasteiger partial charge on any atom is 0.159 e. The molecule has 3 aromatic carbocycles. The quantitative estimate of drug-likeness (QED) is 0.555. The lowest BCUT2D eigenvalue weighted by molar-refractivity contribution is 0.100. The smallest absolute Gasteiger partial charge is 0.159 e. The van der Waals surface area contributed by atoms with Crippen LogP contribution in [0.25, 0.3) is 11.1 Å². The molecule has 28 heavy (non-hydrogen) atoms. The number of Topliss-reactive ketones (excluding diaryl/α,β-unsaturated/α-hetero) is 2. The summed E-state index contributed by atoms with van der Waals surface area (Å²) in [7, 11) is 3.28. The molecule has 0 saturated carbocycles. The van der Waals surface area contributed by atoms with Crippen molar-refractivity contribution in [2.45, 2.75) is 13.8 Å². The first-order valence-electron chi connectivity index (χ1n) is 8.85. The summed E-state index contributed by atoms with van der Waals surface area (Å²) >= 11 is 0. The van der Waals surface area contributed by atoms with Crippen molar-refractivity contribution in [3.8, 4) is 22.6 Å². The average molecular weight is 376 g/mol. The lowest BCUT2D eigenvalue weighted by Gasteiger charge is -2.03. The number of ether oxygens (including phenoxy) is 2. The van der Waals surface area contributed by atoms with Crippen molar-refractivity contribution < 1.29 is 19.1 Å². The molecule has 0 spiro atoms. The van der Waals surface area contributed by atoms with Gasteiger partial charge in [0.05, 0.1) is 14.2 Å². The van der Waals surface area contributed by atoms with Crippen molar-refractivity contribution in [1.29, 1.82) is 0 Å². The molecule has 144 valence electrons. The van der Waals surface area contributed by atoms with Gasteiger partial charge in [-0.1, -0.05) is 48.5 Å². The maximum absolute atomic E-state index is 11.2. The Hall–Kier alpha value is -3.40. The van der Waals surface area contributed by atoms with Gasteiger partial charge in [0.25, 0.3) is 0 Å². The summed E-state index contributed by atoms with van der Waals surface area (Å²) < 4.78 is 9.92. The van der Waals surface area contributed by atoms with E-state index in [1.165, 1.54) is 0 Å². The highest BCUT2D eigenvalue weighted by molar-refractivity contribution is 5.95. The Morgan fingerprint density at radius 2 is 0.821 bits per heavy atom. The normalized spacial score (nSPS) is 9.71. The molecule has 0 aliphatic carbocycles. The molecule has 3 rings (SSSR count). The van der Waals surface area contributed by atoms with E-state index in [2.05, 4.69) is 0 Å². The predicted molar refractivity (Wildman–Crippen MR) is 111 cm³/mol. The highest BCUT2D eigenvalue weighted by Gasteiger charge is 2.03. The molecule has 0 saturated heterocycles. The minimum Gasteiger partial charge on any atom is -0.497 e. The van der Waals surface area contributed by atoms with E-state index in [1.54, 1.807) is 28.1 Å². The Labute approximate surface area is 165 Å². The van der Waals surface area contributed by atoms with E-state index in [4.69, 9.17) is 9.47 Å². The number of methoxy groups -OCH3 is 2. The van der Waals surface area contributed by atoms with Gasteiger partial charge in [0.2, 0.25) is 0 Å². The number of hydrogen-bond donors (Lipinski definition) is 0. The van der Waals surface area contributed by atoms with Crippen LogP contribution in [0.4, 0.5) is 0 Å². The van der Waals surface area contributed by atoms with Gasteiger partial charge in [-0.15, -0.1) is 0 Å². The molecule has 0 unspecified atom stereocenters. The van der Waals surface area contributed by atoms with Crippen molar-refractivity contribution in [2.75, 3.05) is 14.2 Å². The first-order valence-corrected chi connectivity index (χ1v) is 8.85. The minimum absolute atomic E-state index is 0.0634. The zero-order chi connectivity index (χ0) is 20.5. The summed E-state index contributed by atoms with van der Waals surface area (Å²) in [5, 5.41) is 0. The third-order valence-corrected chi connectivity index (χ3v) is 4.21. The van der Waals surface area contributed by atoms with Crippen molar-refractivity contribution in [3.05, 3.63) is 83.9 Å². The molecule has 0 atom stereocenters. The van der Waals surface area contributed by atoms with Crippen LogP contribution in [0.2, 0.25) is 0 Å². The van der Waals surface area contributed by atoms with Gasteiger partial charge < -0.3 is 9.47 Å². The van der Waals surface area contributed by atoms with Gasteiger partial charge in [-0.25, -0.2) is 0 Å². The average Bonchev–Trinajstić information content (AvgIpc) is 2.74. The molecule has 0 aliphatic rings. The van der Waals surface area contributed by atoms with Crippen LogP contribution in [0.1, 0.15) is 34.6 Å². The summed E-state index contributed by atoms with van der Waals surface area (Å²) in [6, 6.07) is 22.4. The van der Waals surface area contributed by atoms with Gasteiger partial charge >= 0.3 is 0 Å². The largest absolute Gasteiger partial charge is 0.497 e. The molecular formula is C24H24O4. The van der Waals surface area contributed by atoms with Gasteiger partial charge in [0.15, 0.2) is 11.6 Å². The van der Waals surface area contributed by atoms with Gasteiger partial charge in [-0.2, -0.15) is 0 Å². The fraction of sp³-hybridized carbons (Fsp3) is 0.167. The maximum atomic E-state index is 11.2. The second-order valence-electron chi connectivity index (χ2n) is 6.15. The van der Waals surface area contributed by atoms with Crippen molar-refractivity contribution in [2.24, 2.45) is 0 Å². The van der Waals surface area contributed by atoms with Gasteiger partial charge in [-0.05, 0) is 49.2 Å². The molecular weight excluding hydrogens is 352 g/mol. The van der Waals surface area contributed by atoms with Crippen LogP contribution in [0.15, 0.2) is 72.8 Å². The van der Waals surface area contributed by atoms with Gasteiger partial charge in [0.1, 0.15) is 11.5 Å². The number of hydrogen-bond acceptors (Lipinski definition) is 4. The van der Waals surface area contributed by atoms with E-state index < -0.39 is 0 Å². The fourth-order valence-electron chi connectivity index (χ4n) is 2.51. The van der Waals surface area contributed by atoms with E-state index in [-0.39, 0.29) is 11.6 Å². The molecule has 3 aromatic rings. The molecule has 0 amide bonds. The van der Waals surface area contributed by atoms with E-state index >= 15 is 0 Å². The van der Waals surface area contributed by atoms with Crippen molar-refractivity contribution in [1.82, 2.24) is 0 Å². The third-order valence-electron chi connectivity index (χ3n) is 4.21. The lowest BCUT2D eigenvalue weighted by Crippen LogP contribution is -1.92. The van der Waals surface area contributed by atoms with Gasteiger partial charge in [0, 0.05) is 11.1 Å². The number of carbonyl (C=O) groups excluding carboxylic acids is 2. The van der Waals surface area contributed by atoms with Crippen molar-refractivity contribution in [3.63, 3.8) is 0 Å². The van der Waals surface area contributed by atoms with E-state index in [0.717, 1.165) is 22.6 Å².